The van der Waals surface area contributed by atoms with Crippen LogP contribution in [-0.4, -0.2) is 11.8 Å². The van der Waals surface area contributed by atoms with Crippen LogP contribution in [0.3, 0.4) is 0 Å². The zero-order chi connectivity index (χ0) is 14.1. The number of ketones is 1. The average molecular weight is 289 g/mol. The van der Waals surface area contributed by atoms with Crippen molar-refractivity contribution in [1.82, 2.24) is 0 Å². The quantitative estimate of drug-likeness (QED) is 0.767. The second-order valence-electron chi connectivity index (χ2n) is 5.16. The minimum atomic E-state index is -0.356. The molecule has 104 valence electrons. The third-order valence-electron chi connectivity index (χ3n) is 3.54. The van der Waals surface area contributed by atoms with Crippen molar-refractivity contribution in [3.8, 4) is 0 Å². The predicted octanol–water partition coefficient (Wildman–Crippen LogP) is 4.26. The van der Waals surface area contributed by atoms with Crippen LogP contribution in [0.5, 0.6) is 0 Å². The number of hydrogen-bond donors (Lipinski definition) is 0. The van der Waals surface area contributed by atoms with E-state index in [4.69, 9.17) is 0 Å². The van der Waals surface area contributed by atoms with Gasteiger partial charge in [-0.1, -0.05) is 6.07 Å². The zero-order valence-corrected chi connectivity index (χ0v) is 12.1. The molecule has 1 aliphatic rings. The lowest BCUT2D eigenvalue weighted by atomic mass is 10.1. The molecule has 0 saturated heterocycles. The number of rotatable bonds is 5. The summed E-state index contributed by atoms with van der Waals surface area (Å²) in [6.07, 6.45) is 2.28. The Bertz CT molecular complexity index is 619. The highest BCUT2D eigenvalue weighted by atomic mass is 32.1. The molecule has 0 aliphatic heterocycles. The molecule has 1 aliphatic carbocycles. The Hall–Kier alpha value is -1.68. The van der Waals surface area contributed by atoms with Gasteiger partial charge in [0.05, 0.1) is 6.54 Å². The maximum absolute atomic E-state index is 13.4. The number of halogens is 1. The van der Waals surface area contributed by atoms with E-state index in [0.29, 0.717) is 11.6 Å². The first kappa shape index (κ1) is 13.3. The number of benzene rings is 1. The van der Waals surface area contributed by atoms with Crippen molar-refractivity contribution < 1.29 is 9.18 Å². The Morgan fingerprint density at radius 1 is 1.40 bits per heavy atom. The van der Waals surface area contributed by atoms with E-state index in [1.165, 1.54) is 23.9 Å². The summed E-state index contributed by atoms with van der Waals surface area (Å²) in [6, 6.07) is 9.12. The molecular weight excluding hydrogens is 273 g/mol. The fourth-order valence-electron chi connectivity index (χ4n) is 2.41. The van der Waals surface area contributed by atoms with E-state index in [9.17, 15) is 9.18 Å². The lowest BCUT2D eigenvalue weighted by Gasteiger charge is -2.26. The minimum absolute atomic E-state index is 0.0867. The van der Waals surface area contributed by atoms with Crippen LogP contribution in [0.1, 0.15) is 35.0 Å². The van der Waals surface area contributed by atoms with Gasteiger partial charge < -0.3 is 4.90 Å². The van der Waals surface area contributed by atoms with Gasteiger partial charge in [0.2, 0.25) is 0 Å². The number of hydrogen-bond acceptors (Lipinski definition) is 3. The van der Waals surface area contributed by atoms with Gasteiger partial charge in [-0.3, -0.25) is 4.79 Å². The summed E-state index contributed by atoms with van der Waals surface area (Å²) in [5.74, 6) is -0.442. The van der Waals surface area contributed by atoms with Crippen molar-refractivity contribution in [3.05, 3.63) is 52.0 Å². The molecule has 1 fully saturated rings. The van der Waals surface area contributed by atoms with Gasteiger partial charge >= 0.3 is 0 Å². The molecule has 0 N–H and O–H groups in total. The first-order chi connectivity index (χ1) is 9.65. The molecule has 1 aromatic heterocycles. The number of Topliss-reactive ketones (excluding diaryl/α,β-unsaturated/α-hetero) is 1. The van der Waals surface area contributed by atoms with Gasteiger partial charge in [-0.15, -0.1) is 11.3 Å². The summed E-state index contributed by atoms with van der Waals surface area (Å²) in [5.41, 5.74) is 1.34. The lowest BCUT2D eigenvalue weighted by molar-refractivity contribution is 0.101. The summed E-state index contributed by atoms with van der Waals surface area (Å²) in [4.78, 5) is 15.3. The maximum Gasteiger partial charge on any atom is 0.161 e. The molecule has 0 atom stereocenters. The second-order valence-corrected chi connectivity index (χ2v) is 6.19. The Kier molecular flexibility index (Phi) is 3.57. The standard InChI is InChI=1S/C16H16FNOS/c1-11(19)15-9-12(17)4-7-16(15)18(13-5-6-13)10-14-3-2-8-20-14/h2-4,7-9,13H,5-6,10H2,1H3. The SMILES string of the molecule is CC(=O)c1cc(F)ccc1N(Cc1cccs1)C1CC1. The first-order valence-corrected chi connectivity index (χ1v) is 7.62. The first-order valence-electron chi connectivity index (χ1n) is 6.74. The summed E-state index contributed by atoms with van der Waals surface area (Å²) < 4.78 is 13.4. The van der Waals surface area contributed by atoms with Crippen LogP contribution in [0.4, 0.5) is 10.1 Å². The molecule has 0 radical (unpaired) electrons. The molecule has 2 nitrogen and oxygen atoms in total. The third-order valence-corrected chi connectivity index (χ3v) is 4.40. The average Bonchev–Trinajstić information content (AvgIpc) is 3.13. The molecule has 0 bridgehead atoms. The topological polar surface area (TPSA) is 20.3 Å². The van der Waals surface area contributed by atoms with Gasteiger partial charge in [0.1, 0.15) is 5.82 Å². The van der Waals surface area contributed by atoms with Crippen molar-refractivity contribution >= 4 is 22.8 Å². The lowest BCUT2D eigenvalue weighted by Crippen LogP contribution is -2.26. The highest BCUT2D eigenvalue weighted by Crippen LogP contribution is 2.36. The molecule has 0 unspecified atom stereocenters. The van der Waals surface area contributed by atoms with Gasteiger partial charge in [0.25, 0.3) is 0 Å². The van der Waals surface area contributed by atoms with Crippen molar-refractivity contribution in [3.63, 3.8) is 0 Å². The molecule has 3 rings (SSSR count). The number of carbonyl (C=O) groups is 1. The van der Waals surface area contributed by atoms with E-state index in [1.54, 1.807) is 17.4 Å². The molecule has 0 spiro atoms. The summed E-state index contributed by atoms with van der Waals surface area (Å²) in [6.45, 7) is 2.28. The molecule has 1 saturated carbocycles. The van der Waals surface area contributed by atoms with Gasteiger partial charge in [0, 0.05) is 22.2 Å². The van der Waals surface area contributed by atoms with Crippen molar-refractivity contribution in [2.75, 3.05) is 4.90 Å². The molecule has 1 aromatic carbocycles. The van der Waals surface area contributed by atoms with Gasteiger partial charge in [-0.05, 0) is 49.4 Å². The van der Waals surface area contributed by atoms with Crippen LogP contribution in [-0.2, 0) is 6.54 Å². The number of carbonyl (C=O) groups excluding carboxylic acids is 1. The predicted molar refractivity (Wildman–Crippen MR) is 79.9 cm³/mol. The van der Waals surface area contributed by atoms with E-state index in [0.717, 1.165) is 25.1 Å². The van der Waals surface area contributed by atoms with E-state index < -0.39 is 0 Å². The Labute approximate surface area is 121 Å². The Balaban J connectivity index is 1.97. The maximum atomic E-state index is 13.4. The highest BCUT2D eigenvalue weighted by molar-refractivity contribution is 7.09. The molecule has 4 heteroatoms. The zero-order valence-electron chi connectivity index (χ0n) is 11.3. The van der Waals surface area contributed by atoms with Gasteiger partial charge in [-0.25, -0.2) is 4.39 Å². The minimum Gasteiger partial charge on any atom is -0.363 e. The van der Waals surface area contributed by atoms with Gasteiger partial charge in [0.15, 0.2) is 5.78 Å². The van der Waals surface area contributed by atoms with Crippen molar-refractivity contribution in [2.24, 2.45) is 0 Å². The second kappa shape index (κ2) is 5.37. The molecule has 0 amide bonds. The fourth-order valence-corrected chi connectivity index (χ4v) is 3.11. The number of thiophene rings is 1. The van der Waals surface area contributed by atoms with Crippen molar-refractivity contribution in [2.45, 2.75) is 32.4 Å². The summed E-state index contributed by atoms with van der Waals surface area (Å²) in [5, 5.41) is 2.05. The monoisotopic (exact) mass is 289 g/mol. The summed E-state index contributed by atoms with van der Waals surface area (Å²) >= 11 is 1.71. The van der Waals surface area contributed by atoms with E-state index in [2.05, 4.69) is 16.3 Å². The molecule has 20 heavy (non-hydrogen) atoms. The number of nitrogens with zero attached hydrogens (tertiary/aromatic N) is 1. The van der Waals surface area contributed by atoms with E-state index >= 15 is 0 Å². The Morgan fingerprint density at radius 2 is 2.20 bits per heavy atom. The van der Waals surface area contributed by atoms with Crippen LogP contribution in [0.25, 0.3) is 0 Å². The normalized spacial score (nSPS) is 14.3. The largest absolute Gasteiger partial charge is 0.363 e. The Morgan fingerprint density at radius 3 is 2.80 bits per heavy atom. The summed E-state index contributed by atoms with van der Waals surface area (Å²) in [7, 11) is 0. The third kappa shape index (κ3) is 2.75. The van der Waals surface area contributed by atoms with Crippen LogP contribution >= 0.6 is 11.3 Å². The van der Waals surface area contributed by atoms with Crippen LogP contribution in [0.2, 0.25) is 0 Å². The van der Waals surface area contributed by atoms with Crippen LogP contribution in [0, 0.1) is 5.82 Å². The van der Waals surface area contributed by atoms with Gasteiger partial charge in [-0.2, -0.15) is 0 Å². The fraction of sp³-hybridized carbons (Fsp3) is 0.312. The number of anilines is 1. The smallest absolute Gasteiger partial charge is 0.161 e. The molecule has 1 heterocycles. The molecular formula is C16H16FNOS. The van der Waals surface area contributed by atoms with Crippen LogP contribution in [0.15, 0.2) is 35.7 Å². The highest BCUT2D eigenvalue weighted by Gasteiger charge is 2.31. The van der Waals surface area contributed by atoms with Crippen LogP contribution < -0.4 is 4.90 Å². The molecule has 2 aromatic rings. The van der Waals surface area contributed by atoms with Crippen molar-refractivity contribution in [1.29, 1.82) is 0 Å². The van der Waals surface area contributed by atoms with E-state index in [1.807, 2.05) is 6.07 Å². The van der Waals surface area contributed by atoms with E-state index in [-0.39, 0.29) is 11.6 Å².